The van der Waals surface area contributed by atoms with E-state index in [1.54, 1.807) is 0 Å². The number of hydrogen-bond acceptors (Lipinski definition) is 3. The molecule has 1 atom stereocenters. The van der Waals surface area contributed by atoms with Gasteiger partial charge in [0.15, 0.2) is 0 Å². The van der Waals surface area contributed by atoms with E-state index in [4.69, 9.17) is 5.11 Å². The lowest BCUT2D eigenvalue weighted by molar-refractivity contribution is 0.296. The van der Waals surface area contributed by atoms with Gasteiger partial charge in [-0.3, -0.25) is 4.72 Å². The van der Waals surface area contributed by atoms with E-state index >= 15 is 0 Å². The van der Waals surface area contributed by atoms with E-state index in [1.165, 1.54) is 6.92 Å². The predicted octanol–water partition coefficient (Wildman–Crippen LogP) is 2.19. The second-order valence-electron chi connectivity index (χ2n) is 4.05. The van der Waals surface area contributed by atoms with Crippen molar-refractivity contribution in [1.82, 2.24) is 0 Å². The molecule has 0 aliphatic rings. The van der Waals surface area contributed by atoms with Crippen molar-refractivity contribution in [2.45, 2.75) is 26.0 Å². The van der Waals surface area contributed by atoms with Crippen molar-refractivity contribution in [3.05, 3.63) is 27.7 Å². The number of rotatable bonds is 4. The molecule has 0 spiro atoms. The van der Waals surface area contributed by atoms with Crippen molar-refractivity contribution in [1.29, 1.82) is 0 Å². The monoisotopic (exact) mass is 321 g/mol. The fourth-order valence-corrected chi connectivity index (χ4v) is 3.10. The minimum Gasteiger partial charge on any atom is -0.395 e. The third-order valence-corrected chi connectivity index (χ3v) is 4.68. The molecule has 1 aromatic rings. The van der Waals surface area contributed by atoms with Crippen LogP contribution in [0.4, 0.5) is 5.69 Å². The summed E-state index contributed by atoms with van der Waals surface area (Å²) in [5, 5.41) is 8.08. The van der Waals surface area contributed by atoms with Gasteiger partial charge >= 0.3 is 0 Å². The van der Waals surface area contributed by atoms with Gasteiger partial charge in [0.2, 0.25) is 10.0 Å². The summed E-state index contributed by atoms with van der Waals surface area (Å²) in [6, 6.07) is 3.68. The zero-order chi connectivity index (χ0) is 13.2. The summed E-state index contributed by atoms with van der Waals surface area (Å²) in [5.74, 6) is 0. The van der Waals surface area contributed by atoms with Crippen molar-refractivity contribution >= 4 is 31.6 Å². The molecular weight excluding hydrogens is 306 g/mol. The second-order valence-corrected chi connectivity index (χ2v) is 7.07. The van der Waals surface area contributed by atoms with Crippen LogP contribution in [-0.2, 0) is 10.0 Å². The molecule has 4 nitrogen and oxygen atoms in total. The van der Waals surface area contributed by atoms with E-state index in [0.717, 1.165) is 15.6 Å². The molecule has 1 rings (SSSR count). The Labute approximate surface area is 110 Å². The summed E-state index contributed by atoms with van der Waals surface area (Å²) < 4.78 is 27.1. The zero-order valence-electron chi connectivity index (χ0n) is 9.99. The number of aliphatic hydroxyl groups excluding tert-OH is 1. The molecule has 1 aromatic carbocycles. The predicted molar refractivity (Wildman–Crippen MR) is 72.7 cm³/mol. The SMILES string of the molecule is Cc1cc(Br)cc(C)c1NS(=O)(=O)C(C)CO. The van der Waals surface area contributed by atoms with E-state index in [2.05, 4.69) is 20.7 Å². The zero-order valence-corrected chi connectivity index (χ0v) is 12.4. The summed E-state index contributed by atoms with van der Waals surface area (Å²) >= 11 is 3.35. The van der Waals surface area contributed by atoms with Gasteiger partial charge in [-0.05, 0) is 44.0 Å². The molecule has 0 saturated heterocycles. The average molecular weight is 322 g/mol. The Bertz CT molecular complexity index is 490. The molecule has 0 aromatic heterocycles. The largest absolute Gasteiger partial charge is 0.395 e. The second kappa shape index (κ2) is 5.37. The van der Waals surface area contributed by atoms with Gasteiger partial charge in [0.05, 0.1) is 12.3 Å². The maximum Gasteiger partial charge on any atom is 0.237 e. The summed E-state index contributed by atoms with van der Waals surface area (Å²) in [7, 11) is -3.54. The Morgan fingerprint density at radius 3 is 2.24 bits per heavy atom. The van der Waals surface area contributed by atoms with Gasteiger partial charge in [0.1, 0.15) is 5.25 Å². The van der Waals surface area contributed by atoms with Crippen LogP contribution in [-0.4, -0.2) is 25.4 Å². The number of hydrogen-bond donors (Lipinski definition) is 2. The first-order valence-electron chi connectivity index (χ1n) is 5.17. The van der Waals surface area contributed by atoms with Gasteiger partial charge in [0.25, 0.3) is 0 Å². The maximum absolute atomic E-state index is 11.8. The van der Waals surface area contributed by atoms with Crippen LogP contribution in [0.3, 0.4) is 0 Å². The highest BCUT2D eigenvalue weighted by molar-refractivity contribution is 9.10. The Hall–Kier alpha value is -0.590. The van der Waals surface area contributed by atoms with Crippen LogP contribution in [0, 0.1) is 13.8 Å². The summed E-state index contributed by atoms with van der Waals surface area (Å²) in [6.45, 7) is 4.73. The Kier molecular flexibility index (Phi) is 4.57. The summed E-state index contributed by atoms with van der Waals surface area (Å²) in [5.41, 5.74) is 2.25. The molecule has 0 radical (unpaired) electrons. The minimum atomic E-state index is -3.54. The standard InChI is InChI=1S/C11H16BrNO3S/c1-7-4-10(12)5-8(2)11(7)13-17(15,16)9(3)6-14/h4-5,9,13-14H,6H2,1-3H3. The van der Waals surface area contributed by atoms with Crippen LogP contribution in [0.5, 0.6) is 0 Å². The highest BCUT2D eigenvalue weighted by atomic mass is 79.9. The first-order valence-corrected chi connectivity index (χ1v) is 7.51. The molecule has 0 heterocycles. The highest BCUT2D eigenvalue weighted by Crippen LogP contribution is 2.26. The third-order valence-electron chi connectivity index (χ3n) is 2.53. The van der Waals surface area contributed by atoms with Gasteiger partial charge < -0.3 is 5.11 Å². The number of halogens is 1. The van der Waals surface area contributed by atoms with Crippen LogP contribution in [0.25, 0.3) is 0 Å². The molecule has 0 amide bonds. The number of aliphatic hydroxyl groups is 1. The lowest BCUT2D eigenvalue weighted by Gasteiger charge is -2.16. The van der Waals surface area contributed by atoms with Crippen molar-refractivity contribution < 1.29 is 13.5 Å². The average Bonchev–Trinajstić information content (AvgIpc) is 2.22. The lowest BCUT2D eigenvalue weighted by Crippen LogP contribution is -2.28. The van der Waals surface area contributed by atoms with Crippen LogP contribution < -0.4 is 4.72 Å². The van der Waals surface area contributed by atoms with E-state index in [9.17, 15) is 8.42 Å². The normalized spacial score (nSPS) is 13.5. The first-order chi connectivity index (χ1) is 7.77. The van der Waals surface area contributed by atoms with Crippen LogP contribution >= 0.6 is 15.9 Å². The van der Waals surface area contributed by atoms with E-state index in [0.29, 0.717) is 5.69 Å². The van der Waals surface area contributed by atoms with Crippen molar-refractivity contribution in [2.75, 3.05) is 11.3 Å². The number of aryl methyl sites for hydroxylation is 2. The first kappa shape index (κ1) is 14.5. The Morgan fingerprint density at radius 2 is 1.82 bits per heavy atom. The van der Waals surface area contributed by atoms with Gasteiger partial charge in [-0.2, -0.15) is 0 Å². The van der Waals surface area contributed by atoms with Crippen molar-refractivity contribution in [3.8, 4) is 0 Å². The Balaban J connectivity index is 3.13. The quantitative estimate of drug-likeness (QED) is 0.893. The molecule has 1 unspecified atom stereocenters. The Morgan fingerprint density at radius 1 is 1.35 bits per heavy atom. The lowest BCUT2D eigenvalue weighted by atomic mass is 10.1. The number of sulfonamides is 1. The van der Waals surface area contributed by atoms with Crippen LogP contribution in [0.15, 0.2) is 16.6 Å². The molecule has 2 N–H and O–H groups in total. The van der Waals surface area contributed by atoms with Gasteiger partial charge in [0, 0.05) is 4.47 Å². The molecule has 0 aliphatic carbocycles. The molecule has 0 fully saturated rings. The number of benzene rings is 1. The van der Waals surface area contributed by atoms with Crippen LogP contribution in [0.2, 0.25) is 0 Å². The number of anilines is 1. The van der Waals surface area contributed by atoms with Crippen LogP contribution in [0.1, 0.15) is 18.1 Å². The molecular formula is C11H16BrNO3S. The van der Waals surface area contributed by atoms with Gasteiger partial charge in [-0.1, -0.05) is 15.9 Å². The number of nitrogens with one attached hydrogen (secondary N) is 1. The van der Waals surface area contributed by atoms with Gasteiger partial charge in [-0.15, -0.1) is 0 Å². The molecule has 0 saturated carbocycles. The minimum absolute atomic E-state index is 0.399. The van der Waals surface area contributed by atoms with E-state index < -0.39 is 21.9 Å². The summed E-state index contributed by atoms with van der Waals surface area (Å²) in [4.78, 5) is 0. The summed E-state index contributed by atoms with van der Waals surface area (Å²) in [6.07, 6.45) is 0. The molecule has 0 aliphatic heterocycles. The van der Waals surface area contributed by atoms with Crippen molar-refractivity contribution in [2.24, 2.45) is 0 Å². The molecule has 17 heavy (non-hydrogen) atoms. The highest BCUT2D eigenvalue weighted by Gasteiger charge is 2.21. The fourth-order valence-electron chi connectivity index (χ4n) is 1.41. The molecule has 96 valence electrons. The molecule has 6 heteroatoms. The maximum atomic E-state index is 11.8. The van der Waals surface area contributed by atoms with E-state index in [1.807, 2.05) is 26.0 Å². The molecule has 0 bridgehead atoms. The van der Waals surface area contributed by atoms with Crippen molar-refractivity contribution in [3.63, 3.8) is 0 Å². The smallest absolute Gasteiger partial charge is 0.237 e. The van der Waals surface area contributed by atoms with Gasteiger partial charge in [-0.25, -0.2) is 8.42 Å². The fraction of sp³-hybridized carbons (Fsp3) is 0.455. The third kappa shape index (κ3) is 3.43. The topological polar surface area (TPSA) is 66.4 Å². The van der Waals surface area contributed by atoms with E-state index in [-0.39, 0.29) is 0 Å².